The van der Waals surface area contributed by atoms with Gasteiger partial charge in [0.05, 0.1) is 11.2 Å². The van der Waals surface area contributed by atoms with Gasteiger partial charge in [-0.1, -0.05) is 0 Å². The second-order valence-corrected chi connectivity index (χ2v) is 7.59. The highest BCUT2D eigenvalue weighted by Gasteiger charge is 2.71. The Kier molecular flexibility index (Phi) is 2.17. The first-order valence-electron chi connectivity index (χ1n) is 4.57. The molecular weight excluding hydrogens is 253 g/mol. The second kappa shape index (κ2) is 2.83. The SMILES string of the molecule is O=S(=O)(Cl)CC1(C(F)(F)F)CC2(CC2)C1. The molecule has 0 unspecified atom stereocenters. The Labute approximate surface area is 90.2 Å². The van der Waals surface area contributed by atoms with Gasteiger partial charge in [-0.15, -0.1) is 0 Å². The third-order valence-electron chi connectivity index (χ3n) is 3.43. The van der Waals surface area contributed by atoms with Gasteiger partial charge in [-0.2, -0.15) is 13.2 Å². The molecule has 2 aliphatic carbocycles. The lowest BCUT2D eigenvalue weighted by atomic mass is 9.60. The van der Waals surface area contributed by atoms with Crippen LogP contribution in [0.1, 0.15) is 25.7 Å². The molecule has 2 rings (SSSR count). The van der Waals surface area contributed by atoms with Crippen molar-refractivity contribution in [2.75, 3.05) is 5.75 Å². The maximum atomic E-state index is 12.7. The maximum Gasteiger partial charge on any atom is 0.395 e. The van der Waals surface area contributed by atoms with Crippen LogP contribution in [-0.2, 0) is 9.05 Å². The first kappa shape index (κ1) is 11.5. The molecule has 0 saturated heterocycles. The highest BCUT2D eigenvalue weighted by atomic mass is 35.7. The van der Waals surface area contributed by atoms with Gasteiger partial charge in [-0.3, -0.25) is 0 Å². The van der Waals surface area contributed by atoms with Gasteiger partial charge in [-0.25, -0.2) is 8.42 Å². The predicted octanol–water partition coefficient (Wildman–Crippen LogP) is 2.68. The van der Waals surface area contributed by atoms with Crippen LogP contribution in [-0.4, -0.2) is 20.3 Å². The molecule has 7 heteroatoms. The lowest BCUT2D eigenvalue weighted by molar-refractivity contribution is -0.258. The quantitative estimate of drug-likeness (QED) is 0.717. The first-order chi connectivity index (χ1) is 6.58. The maximum absolute atomic E-state index is 12.7. The summed E-state index contributed by atoms with van der Waals surface area (Å²) in [6.45, 7) is 0. The van der Waals surface area contributed by atoms with Crippen molar-refractivity contribution >= 4 is 19.7 Å². The van der Waals surface area contributed by atoms with Crippen LogP contribution in [0.3, 0.4) is 0 Å². The van der Waals surface area contributed by atoms with E-state index in [2.05, 4.69) is 0 Å². The molecule has 15 heavy (non-hydrogen) atoms. The Morgan fingerprint density at radius 2 is 1.67 bits per heavy atom. The van der Waals surface area contributed by atoms with E-state index < -0.39 is 26.4 Å². The molecule has 2 nitrogen and oxygen atoms in total. The van der Waals surface area contributed by atoms with Crippen LogP contribution >= 0.6 is 10.7 Å². The number of hydrogen-bond donors (Lipinski definition) is 0. The van der Waals surface area contributed by atoms with Crippen LogP contribution in [0.15, 0.2) is 0 Å². The minimum atomic E-state index is -4.47. The van der Waals surface area contributed by atoms with Crippen LogP contribution in [0.2, 0.25) is 0 Å². The molecule has 1 spiro atoms. The lowest BCUT2D eigenvalue weighted by Crippen LogP contribution is -2.53. The van der Waals surface area contributed by atoms with Gasteiger partial charge in [0.25, 0.3) is 0 Å². The highest BCUT2D eigenvalue weighted by Crippen LogP contribution is 2.72. The average Bonchev–Trinajstić information content (AvgIpc) is 2.58. The standard InChI is InChI=1S/C8H10ClF3O2S/c9-15(13,14)5-7(8(10,11)12)3-6(4-7)1-2-6/h1-5H2. The molecule has 0 aliphatic heterocycles. The minimum absolute atomic E-state index is 0.0740. The number of hydrogen-bond acceptors (Lipinski definition) is 2. The van der Waals surface area contributed by atoms with E-state index in [0.29, 0.717) is 0 Å². The molecule has 0 aromatic carbocycles. The van der Waals surface area contributed by atoms with Crippen LogP contribution in [0.4, 0.5) is 13.2 Å². The van der Waals surface area contributed by atoms with Crippen molar-refractivity contribution in [2.24, 2.45) is 10.8 Å². The molecule has 0 atom stereocenters. The molecule has 0 bridgehead atoms. The third-order valence-corrected chi connectivity index (χ3v) is 4.66. The monoisotopic (exact) mass is 262 g/mol. The summed E-state index contributed by atoms with van der Waals surface area (Å²) in [5, 5.41) is 0. The van der Waals surface area contributed by atoms with E-state index in [1.165, 1.54) is 0 Å². The Morgan fingerprint density at radius 1 is 1.20 bits per heavy atom. The van der Waals surface area contributed by atoms with Crippen molar-refractivity contribution in [3.05, 3.63) is 0 Å². The normalized spacial score (nSPS) is 27.5. The smallest absolute Gasteiger partial charge is 0.212 e. The van der Waals surface area contributed by atoms with Crippen molar-refractivity contribution in [1.29, 1.82) is 0 Å². The van der Waals surface area contributed by atoms with E-state index in [1.807, 2.05) is 0 Å². The molecular formula is C8H10ClF3O2S. The summed E-state index contributed by atoms with van der Waals surface area (Å²) in [6, 6.07) is 0. The fourth-order valence-electron chi connectivity index (χ4n) is 2.63. The Morgan fingerprint density at radius 3 is 1.93 bits per heavy atom. The zero-order valence-corrected chi connectivity index (χ0v) is 9.34. The van der Waals surface area contributed by atoms with E-state index in [1.54, 1.807) is 0 Å². The molecule has 0 radical (unpaired) electrons. The fourth-order valence-corrected chi connectivity index (χ4v) is 4.28. The van der Waals surface area contributed by atoms with Gasteiger partial charge in [0, 0.05) is 10.7 Å². The van der Waals surface area contributed by atoms with E-state index in [-0.39, 0.29) is 18.3 Å². The molecule has 0 heterocycles. The number of alkyl halides is 3. The summed E-state index contributed by atoms with van der Waals surface area (Å²) in [6.07, 6.45) is -3.05. The molecule has 0 amide bonds. The summed E-state index contributed by atoms with van der Waals surface area (Å²) in [5.41, 5.74) is -2.29. The largest absolute Gasteiger partial charge is 0.395 e. The van der Waals surface area contributed by atoms with Crippen LogP contribution in [0, 0.1) is 10.8 Å². The molecule has 2 saturated carbocycles. The Hall–Kier alpha value is 0.0300. The molecule has 0 N–H and O–H groups in total. The van der Waals surface area contributed by atoms with Crippen molar-refractivity contribution in [3.63, 3.8) is 0 Å². The zero-order valence-electron chi connectivity index (χ0n) is 7.77. The molecule has 0 aromatic heterocycles. The van der Waals surface area contributed by atoms with E-state index in [4.69, 9.17) is 10.7 Å². The topological polar surface area (TPSA) is 34.1 Å². The third kappa shape index (κ3) is 1.98. The van der Waals surface area contributed by atoms with Crippen molar-refractivity contribution in [2.45, 2.75) is 31.9 Å². The molecule has 88 valence electrons. The van der Waals surface area contributed by atoms with E-state index in [9.17, 15) is 21.6 Å². The highest BCUT2D eigenvalue weighted by molar-refractivity contribution is 8.13. The lowest BCUT2D eigenvalue weighted by Gasteiger charge is -2.48. The summed E-state index contributed by atoms with van der Waals surface area (Å²) in [5.74, 6) is -0.979. The number of rotatable bonds is 2. The summed E-state index contributed by atoms with van der Waals surface area (Å²) in [4.78, 5) is 0. The molecule has 2 aliphatic rings. The molecule has 0 aromatic rings. The first-order valence-corrected chi connectivity index (χ1v) is 7.05. The van der Waals surface area contributed by atoms with Gasteiger partial charge < -0.3 is 0 Å². The van der Waals surface area contributed by atoms with Crippen molar-refractivity contribution < 1.29 is 21.6 Å². The van der Waals surface area contributed by atoms with Gasteiger partial charge in [0.2, 0.25) is 9.05 Å². The van der Waals surface area contributed by atoms with Gasteiger partial charge in [-0.05, 0) is 31.1 Å². The minimum Gasteiger partial charge on any atom is -0.212 e. The van der Waals surface area contributed by atoms with E-state index in [0.717, 1.165) is 12.8 Å². The molecule has 2 fully saturated rings. The summed E-state index contributed by atoms with van der Waals surface area (Å²) in [7, 11) is 0.826. The fraction of sp³-hybridized carbons (Fsp3) is 1.00. The Balaban J connectivity index is 2.19. The van der Waals surface area contributed by atoms with Crippen molar-refractivity contribution in [3.8, 4) is 0 Å². The number of halogens is 4. The summed E-state index contributed by atoms with van der Waals surface area (Å²) < 4.78 is 59.8. The van der Waals surface area contributed by atoms with Crippen molar-refractivity contribution in [1.82, 2.24) is 0 Å². The van der Waals surface area contributed by atoms with Crippen LogP contribution in [0.5, 0.6) is 0 Å². The Bertz CT molecular complexity index is 375. The van der Waals surface area contributed by atoms with Gasteiger partial charge in [0.1, 0.15) is 0 Å². The van der Waals surface area contributed by atoms with Crippen LogP contribution in [0.25, 0.3) is 0 Å². The van der Waals surface area contributed by atoms with E-state index >= 15 is 0 Å². The van der Waals surface area contributed by atoms with Crippen LogP contribution < -0.4 is 0 Å². The summed E-state index contributed by atoms with van der Waals surface area (Å²) >= 11 is 0. The second-order valence-electron chi connectivity index (χ2n) is 4.81. The predicted molar refractivity (Wildman–Crippen MR) is 49.0 cm³/mol. The van der Waals surface area contributed by atoms with Gasteiger partial charge >= 0.3 is 6.18 Å². The zero-order chi connectivity index (χ0) is 11.5. The van der Waals surface area contributed by atoms with Gasteiger partial charge in [0.15, 0.2) is 0 Å². The average molecular weight is 263 g/mol.